The van der Waals surface area contributed by atoms with Crippen molar-refractivity contribution in [2.24, 2.45) is 0 Å². The van der Waals surface area contributed by atoms with Crippen LogP contribution in [0.15, 0.2) is 54.6 Å². The van der Waals surface area contributed by atoms with Gasteiger partial charge in [0.15, 0.2) is 17.3 Å². The van der Waals surface area contributed by atoms with Gasteiger partial charge in [0, 0.05) is 11.4 Å². The van der Waals surface area contributed by atoms with Crippen LogP contribution in [-0.2, 0) is 6.42 Å². The molecule has 0 saturated heterocycles. The van der Waals surface area contributed by atoms with Gasteiger partial charge in [0.2, 0.25) is 0 Å². The van der Waals surface area contributed by atoms with Crippen LogP contribution in [0, 0.1) is 0 Å². The molecule has 2 aromatic carbocycles. The number of phenols is 1. The first-order valence-corrected chi connectivity index (χ1v) is 8.55. The van der Waals surface area contributed by atoms with Crippen molar-refractivity contribution in [3.63, 3.8) is 0 Å². The fourth-order valence-corrected chi connectivity index (χ4v) is 2.87. The minimum Gasteiger partial charge on any atom is -0.508 e. The Morgan fingerprint density at radius 1 is 0.962 bits per heavy atom. The molecule has 0 spiro atoms. The maximum absolute atomic E-state index is 9.40. The number of aromatic hydroxyl groups is 1. The molecule has 8 heteroatoms. The molecule has 2 aromatic heterocycles. The molecule has 0 radical (unpaired) electrons. The maximum atomic E-state index is 9.40. The number of nitrogens with one attached hydrogen (secondary N) is 1. The SMILES string of the molecule is Oc1ccc(Cc2nnc3ccc(Nc4cc(Cl)ccc4Cl)nn23)cc1. The van der Waals surface area contributed by atoms with Crippen LogP contribution < -0.4 is 5.32 Å². The Morgan fingerprint density at radius 2 is 1.77 bits per heavy atom. The number of fused-ring (bicyclic) bond motifs is 1. The second-order valence-electron chi connectivity index (χ2n) is 5.70. The summed E-state index contributed by atoms with van der Waals surface area (Å²) >= 11 is 12.2. The van der Waals surface area contributed by atoms with E-state index in [1.807, 2.05) is 18.2 Å². The Labute approximate surface area is 159 Å². The summed E-state index contributed by atoms with van der Waals surface area (Å²) in [6.45, 7) is 0. The van der Waals surface area contributed by atoms with Crippen LogP contribution in [0.2, 0.25) is 10.0 Å². The molecule has 0 bridgehead atoms. The van der Waals surface area contributed by atoms with Crippen LogP contribution in [0.1, 0.15) is 11.4 Å². The van der Waals surface area contributed by atoms with Crippen LogP contribution in [0.25, 0.3) is 5.65 Å². The van der Waals surface area contributed by atoms with Crippen LogP contribution in [0.4, 0.5) is 11.5 Å². The van der Waals surface area contributed by atoms with Crippen molar-refractivity contribution in [3.05, 3.63) is 76.0 Å². The Balaban J connectivity index is 1.65. The highest BCUT2D eigenvalue weighted by Crippen LogP contribution is 2.28. The van der Waals surface area contributed by atoms with E-state index in [1.54, 1.807) is 40.9 Å². The smallest absolute Gasteiger partial charge is 0.178 e. The number of nitrogens with zero attached hydrogens (tertiary/aromatic N) is 4. The van der Waals surface area contributed by atoms with Gasteiger partial charge in [0.05, 0.1) is 10.7 Å². The summed E-state index contributed by atoms with van der Waals surface area (Å²) in [5.41, 5.74) is 2.30. The van der Waals surface area contributed by atoms with E-state index in [-0.39, 0.29) is 5.75 Å². The zero-order valence-electron chi connectivity index (χ0n) is 13.4. The molecule has 0 amide bonds. The predicted molar refractivity (Wildman–Crippen MR) is 101 cm³/mol. The second kappa shape index (κ2) is 6.82. The largest absolute Gasteiger partial charge is 0.508 e. The third-order valence-corrected chi connectivity index (χ3v) is 4.38. The molecule has 0 atom stereocenters. The average molecular weight is 386 g/mol. The van der Waals surface area contributed by atoms with Crippen molar-refractivity contribution >= 4 is 40.4 Å². The van der Waals surface area contributed by atoms with Crippen LogP contribution >= 0.6 is 23.2 Å². The van der Waals surface area contributed by atoms with Gasteiger partial charge in [-0.3, -0.25) is 0 Å². The summed E-state index contributed by atoms with van der Waals surface area (Å²) in [7, 11) is 0. The second-order valence-corrected chi connectivity index (χ2v) is 6.54. The first kappa shape index (κ1) is 16.6. The lowest BCUT2D eigenvalue weighted by Crippen LogP contribution is -2.03. The Kier molecular flexibility index (Phi) is 4.36. The molecule has 0 aliphatic carbocycles. The highest BCUT2D eigenvalue weighted by Gasteiger charge is 2.10. The van der Waals surface area contributed by atoms with Crippen molar-refractivity contribution in [2.45, 2.75) is 6.42 Å². The van der Waals surface area contributed by atoms with Gasteiger partial charge in [-0.05, 0) is 48.0 Å². The molecule has 4 rings (SSSR count). The van der Waals surface area contributed by atoms with Crippen molar-refractivity contribution < 1.29 is 5.11 Å². The first-order chi connectivity index (χ1) is 12.6. The van der Waals surface area contributed by atoms with E-state index < -0.39 is 0 Å². The molecular weight excluding hydrogens is 373 g/mol. The molecule has 0 unspecified atom stereocenters. The van der Waals surface area contributed by atoms with Gasteiger partial charge in [-0.1, -0.05) is 35.3 Å². The molecule has 2 heterocycles. The van der Waals surface area contributed by atoms with E-state index in [9.17, 15) is 5.11 Å². The van der Waals surface area contributed by atoms with Gasteiger partial charge < -0.3 is 10.4 Å². The van der Waals surface area contributed by atoms with Crippen molar-refractivity contribution in [3.8, 4) is 5.75 Å². The molecule has 2 N–H and O–H groups in total. The summed E-state index contributed by atoms with van der Waals surface area (Å²) in [6.07, 6.45) is 0.538. The lowest BCUT2D eigenvalue weighted by Gasteiger charge is -2.08. The van der Waals surface area contributed by atoms with Crippen molar-refractivity contribution in [1.29, 1.82) is 0 Å². The van der Waals surface area contributed by atoms with Gasteiger partial charge in [-0.15, -0.1) is 15.3 Å². The number of phenolic OH excluding ortho intramolecular Hbond substituents is 1. The van der Waals surface area contributed by atoms with E-state index >= 15 is 0 Å². The number of rotatable bonds is 4. The van der Waals surface area contributed by atoms with Crippen LogP contribution in [-0.4, -0.2) is 24.9 Å². The maximum Gasteiger partial charge on any atom is 0.178 e. The number of benzene rings is 2. The molecule has 6 nitrogen and oxygen atoms in total. The number of aromatic nitrogens is 4. The van der Waals surface area contributed by atoms with E-state index in [0.29, 0.717) is 39.4 Å². The molecule has 0 saturated carbocycles. The summed E-state index contributed by atoms with van der Waals surface area (Å²) in [6, 6.07) is 15.8. The monoisotopic (exact) mass is 385 g/mol. The highest BCUT2D eigenvalue weighted by atomic mass is 35.5. The Morgan fingerprint density at radius 3 is 2.58 bits per heavy atom. The molecule has 0 aliphatic rings. The first-order valence-electron chi connectivity index (χ1n) is 7.80. The van der Waals surface area contributed by atoms with Crippen molar-refractivity contribution in [2.75, 3.05) is 5.32 Å². The topological polar surface area (TPSA) is 75.3 Å². The third-order valence-electron chi connectivity index (χ3n) is 3.82. The number of anilines is 2. The number of halogens is 2. The predicted octanol–water partition coefficient (Wildman–Crippen LogP) is 4.47. The normalized spacial score (nSPS) is 11.0. The minimum absolute atomic E-state index is 0.225. The molecule has 4 aromatic rings. The van der Waals surface area contributed by atoms with Crippen LogP contribution in [0.5, 0.6) is 5.75 Å². The summed E-state index contributed by atoms with van der Waals surface area (Å²) in [5.74, 6) is 1.50. The molecular formula is C18H13Cl2N5O. The van der Waals surface area contributed by atoms with E-state index in [4.69, 9.17) is 23.2 Å². The fourth-order valence-electron chi connectivity index (χ4n) is 2.54. The quantitative estimate of drug-likeness (QED) is 0.541. The van der Waals surface area contributed by atoms with E-state index in [0.717, 1.165) is 5.56 Å². The fraction of sp³-hybridized carbons (Fsp3) is 0.0556. The molecule has 26 heavy (non-hydrogen) atoms. The van der Waals surface area contributed by atoms with Gasteiger partial charge >= 0.3 is 0 Å². The van der Waals surface area contributed by atoms with E-state index in [1.165, 1.54) is 0 Å². The summed E-state index contributed by atoms with van der Waals surface area (Å²) in [5, 5.41) is 26.6. The third kappa shape index (κ3) is 3.42. The van der Waals surface area contributed by atoms with Gasteiger partial charge in [0.25, 0.3) is 0 Å². The van der Waals surface area contributed by atoms with Gasteiger partial charge in [-0.2, -0.15) is 4.52 Å². The van der Waals surface area contributed by atoms with Gasteiger partial charge in [0.1, 0.15) is 5.75 Å². The van der Waals surface area contributed by atoms with E-state index in [2.05, 4.69) is 20.6 Å². The Hall–Kier alpha value is -2.83. The average Bonchev–Trinajstić information content (AvgIpc) is 3.02. The van der Waals surface area contributed by atoms with Gasteiger partial charge in [-0.25, -0.2) is 0 Å². The number of hydrogen-bond donors (Lipinski definition) is 2. The summed E-state index contributed by atoms with van der Waals surface area (Å²) in [4.78, 5) is 0. The molecule has 130 valence electrons. The zero-order valence-corrected chi connectivity index (χ0v) is 14.9. The zero-order chi connectivity index (χ0) is 18.1. The summed E-state index contributed by atoms with van der Waals surface area (Å²) < 4.78 is 1.67. The minimum atomic E-state index is 0.225. The molecule has 0 fully saturated rings. The lowest BCUT2D eigenvalue weighted by atomic mass is 10.1. The van der Waals surface area contributed by atoms with Crippen LogP contribution in [0.3, 0.4) is 0 Å². The van der Waals surface area contributed by atoms with Crippen molar-refractivity contribution in [1.82, 2.24) is 19.8 Å². The Bertz CT molecular complexity index is 1080. The standard InChI is InChI=1S/C18H13Cl2N5O/c19-12-3-6-14(20)15(10-12)21-16-7-8-17-22-23-18(25(17)24-16)9-11-1-4-13(26)5-2-11/h1-8,10,26H,9H2,(H,21,24). The highest BCUT2D eigenvalue weighted by molar-refractivity contribution is 6.35. The molecule has 0 aliphatic heterocycles. The lowest BCUT2D eigenvalue weighted by molar-refractivity contribution is 0.475. The number of hydrogen-bond acceptors (Lipinski definition) is 5.